The van der Waals surface area contributed by atoms with E-state index in [9.17, 15) is 14.0 Å². The second-order valence-corrected chi connectivity index (χ2v) is 8.35. The van der Waals surface area contributed by atoms with Crippen LogP contribution in [0.15, 0.2) is 72.8 Å². The Kier molecular flexibility index (Phi) is 4.81. The van der Waals surface area contributed by atoms with Crippen LogP contribution in [0.2, 0.25) is 0 Å². The molecule has 0 spiro atoms. The summed E-state index contributed by atoms with van der Waals surface area (Å²) in [5.74, 6) is -0.252. The highest BCUT2D eigenvalue weighted by Gasteiger charge is 2.51. The molecule has 3 aromatic carbocycles. The third-order valence-corrected chi connectivity index (χ3v) is 6.30. The molecule has 0 unspecified atom stereocenters. The predicted molar refractivity (Wildman–Crippen MR) is 118 cm³/mol. The van der Waals surface area contributed by atoms with Gasteiger partial charge in [-0.3, -0.25) is 9.59 Å². The number of carbonyl (C=O) groups excluding carboxylic acids is 2. The normalized spacial score (nSPS) is 16.5. The largest absolute Gasteiger partial charge is 0.325 e. The highest BCUT2D eigenvalue weighted by molar-refractivity contribution is 6.02. The van der Waals surface area contributed by atoms with Gasteiger partial charge >= 0.3 is 0 Å². The van der Waals surface area contributed by atoms with E-state index in [0.29, 0.717) is 19.4 Å². The predicted octanol–water partition coefficient (Wildman–Crippen LogP) is 4.98. The quantitative estimate of drug-likeness (QED) is 0.640. The number of rotatable bonds is 5. The van der Waals surface area contributed by atoms with Crippen LogP contribution in [0.1, 0.15) is 36.0 Å². The number of amides is 2. The first-order chi connectivity index (χ1) is 15.0. The number of nitrogens with one attached hydrogen (secondary N) is 1. The van der Waals surface area contributed by atoms with Gasteiger partial charge in [0.1, 0.15) is 5.82 Å². The standard InChI is InChI=1S/C26H23FN2O2/c27-21-9-7-20(8-10-21)26(14-15-26)25(31)28-22-11-12-23-19(16-22)6-13-24(30)29(23)17-18-4-2-1-3-5-18/h1-5,7-12,16H,6,13-15,17H2,(H,28,31). The van der Waals surface area contributed by atoms with Gasteiger partial charge in [0.25, 0.3) is 0 Å². The number of hydrogen-bond acceptors (Lipinski definition) is 2. The zero-order valence-electron chi connectivity index (χ0n) is 17.1. The van der Waals surface area contributed by atoms with Crippen LogP contribution in [0.3, 0.4) is 0 Å². The summed E-state index contributed by atoms with van der Waals surface area (Å²) in [6, 6.07) is 21.9. The molecule has 1 N–H and O–H groups in total. The molecule has 1 heterocycles. The van der Waals surface area contributed by atoms with Crippen molar-refractivity contribution >= 4 is 23.2 Å². The van der Waals surface area contributed by atoms with Crippen LogP contribution in [0.4, 0.5) is 15.8 Å². The van der Waals surface area contributed by atoms with Crippen LogP contribution in [-0.4, -0.2) is 11.8 Å². The Labute approximate surface area is 180 Å². The van der Waals surface area contributed by atoms with Gasteiger partial charge in [-0.1, -0.05) is 42.5 Å². The summed E-state index contributed by atoms with van der Waals surface area (Å²) in [7, 11) is 0. The van der Waals surface area contributed by atoms with Gasteiger partial charge in [0.15, 0.2) is 0 Å². The van der Waals surface area contributed by atoms with Gasteiger partial charge in [-0.15, -0.1) is 0 Å². The fourth-order valence-electron chi connectivity index (χ4n) is 4.37. The molecule has 0 atom stereocenters. The van der Waals surface area contributed by atoms with Gasteiger partial charge in [-0.25, -0.2) is 4.39 Å². The molecule has 4 nitrogen and oxygen atoms in total. The Hall–Kier alpha value is -3.47. The van der Waals surface area contributed by atoms with Crippen molar-refractivity contribution in [3.05, 3.63) is 95.3 Å². The minimum atomic E-state index is -0.571. The molecular weight excluding hydrogens is 391 g/mol. The van der Waals surface area contributed by atoms with E-state index in [1.54, 1.807) is 12.1 Å². The second-order valence-electron chi connectivity index (χ2n) is 8.35. The number of hydrogen-bond donors (Lipinski definition) is 1. The summed E-state index contributed by atoms with van der Waals surface area (Å²) in [5, 5.41) is 3.05. The van der Waals surface area contributed by atoms with E-state index >= 15 is 0 Å². The van der Waals surface area contributed by atoms with Gasteiger partial charge < -0.3 is 10.2 Å². The van der Waals surface area contributed by atoms with E-state index in [1.807, 2.05) is 53.4 Å². The average molecular weight is 414 g/mol. The Morgan fingerprint density at radius 1 is 0.968 bits per heavy atom. The van der Waals surface area contributed by atoms with Crippen molar-refractivity contribution in [3.63, 3.8) is 0 Å². The zero-order chi connectivity index (χ0) is 21.4. The highest BCUT2D eigenvalue weighted by Crippen LogP contribution is 2.49. The summed E-state index contributed by atoms with van der Waals surface area (Å²) in [4.78, 5) is 27.4. The maximum atomic E-state index is 13.3. The zero-order valence-corrected chi connectivity index (χ0v) is 17.1. The lowest BCUT2D eigenvalue weighted by Gasteiger charge is -2.30. The van der Waals surface area contributed by atoms with E-state index in [-0.39, 0.29) is 17.6 Å². The van der Waals surface area contributed by atoms with Crippen LogP contribution in [0.25, 0.3) is 0 Å². The lowest BCUT2D eigenvalue weighted by molar-refractivity contribution is -0.119. The highest BCUT2D eigenvalue weighted by atomic mass is 19.1. The van der Waals surface area contributed by atoms with E-state index in [4.69, 9.17) is 0 Å². The minimum absolute atomic E-state index is 0.0629. The third-order valence-electron chi connectivity index (χ3n) is 6.30. The summed E-state index contributed by atoms with van der Waals surface area (Å²) in [6.07, 6.45) is 2.63. The number of fused-ring (bicyclic) bond motifs is 1. The van der Waals surface area contributed by atoms with Crippen molar-refractivity contribution in [1.82, 2.24) is 0 Å². The first kappa shape index (κ1) is 19.5. The molecule has 1 fully saturated rings. The maximum absolute atomic E-state index is 13.3. The van der Waals surface area contributed by atoms with Crippen LogP contribution in [0, 0.1) is 5.82 Å². The Bertz CT molecular complexity index is 1140. The molecule has 1 saturated carbocycles. The average Bonchev–Trinajstić information content (AvgIpc) is 3.59. The summed E-state index contributed by atoms with van der Waals surface area (Å²) in [6.45, 7) is 0.534. The SMILES string of the molecule is O=C1CCc2cc(NC(=O)C3(c4ccc(F)cc4)CC3)ccc2N1Cc1ccccc1. The molecule has 1 aliphatic carbocycles. The number of benzene rings is 3. The Balaban J connectivity index is 1.36. The van der Waals surface area contributed by atoms with Crippen molar-refractivity contribution in [2.45, 2.75) is 37.6 Å². The Morgan fingerprint density at radius 2 is 1.71 bits per heavy atom. The van der Waals surface area contributed by atoms with Gasteiger partial charge in [-0.2, -0.15) is 0 Å². The van der Waals surface area contributed by atoms with Crippen molar-refractivity contribution in [2.75, 3.05) is 10.2 Å². The molecule has 5 rings (SSSR count). The van der Waals surface area contributed by atoms with Crippen LogP contribution in [0.5, 0.6) is 0 Å². The molecule has 0 radical (unpaired) electrons. The van der Waals surface area contributed by atoms with E-state index < -0.39 is 5.41 Å². The molecule has 2 amide bonds. The summed E-state index contributed by atoms with van der Waals surface area (Å²) in [5.41, 5.74) is 4.04. The second kappa shape index (κ2) is 7.65. The van der Waals surface area contributed by atoms with Gasteiger partial charge in [-0.05, 0) is 66.3 Å². The van der Waals surface area contributed by atoms with Crippen molar-refractivity contribution < 1.29 is 14.0 Å². The van der Waals surface area contributed by atoms with Crippen molar-refractivity contribution in [3.8, 4) is 0 Å². The number of halogens is 1. The van der Waals surface area contributed by atoms with Gasteiger partial charge in [0.05, 0.1) is 12.0 Å². The van der Waals surface area contributed by atoms with Crippen LogP contribution < -0.4 is 10.2 Å². The molecule has 3 aromatic rings. The molecule has 5 heteroatoms. The molecule has 156 valence electrons. The number of carbonyl (C=O) groups is 2. The fraction of sp³-hybridized carbons (Fsp3) is 0.231. The maximum Gasteiger partial charge on any atom is 0.235 e. The number of aryl methyl sites for hydroxylation is 1. The fourth-order valence-corrected chi connectivity index (χ4v) is 4.37. The Morgan fingerprint density at radius 3 is 2.42 bits per heavy atom. The summed E-state index contributed by atoms with van der Waals surface area (Å²) >= 11 is 0. The van der Waals surface area contributed by atoms with Crippen LogP contribution in [-0.2, 0) is 28.0 Å². The molecule has 0 bridgehead atoms. The van der Waals surface area contributed by atoms with E-state index in [2.05, 4.69) is 5.32 Å². The molecule has 0 aromatic heterocycles. The number of nitrogens with zero attached hydrogens (tertiary/aromatic N) is 1. The monoisotopic (exact) mass is 414 g/mol. The third kappa shape index (κ3) is 3.72. The van der Waals surface area contributed by atoms with E-state index in [1.165, 1.54) is 12.1 Å². The van der Waals surface area contributed by atoms with E-state index in [0.717, 1.165) is 40.9 Å². The molecule has 2 aliphatic rings. The molecular formula is C26H23FN2O2. The molecule has 31 heavy (non-hydrogen) atoms. The minimum Gasteiger partial charge on any atom is -0.325 e. The molecule has 0 saturated heterocycles. The van der Waals surface area contributed by atoms with Gasteiger partial charge in [0.2, 0.25) is 11.8 Å². The lowest BCUT2D eigenvalue weighted by atomic mass is 9.94. The summed E-state index contributed by atoms with van der Waals surface area (Å²) < 4.78 is 13.3. The first-order valence-corrected chi connectivity index (χ1v) is 10.6. The van der Waals surface area contributed by atoms with Crippen molar-refractivity contribution in [1.29, 1.82) is 0 Å². The van der Waals surface area contributed by atoms with Gasteiger partial charge in [0, 0.05) is 17.8 Å². The molecule has 1 aliphatic heterocycles. The first-order valence-electron chi connectivity index (χ1n) is 10.6. The number of anilines is 2. The lowest BCUT2D eigenvalue weighted by Crippen LogP contribution is -2.34. The topological polar surface area (TPSA) is 49.4 Å². The van der Waals surface area contributed by atoms with Crippen LogP contribution >= 0.6 is 0 Å². The van der Waals surface area contributed by atoms with Crippen molar-refractivity contribution in [2.24, 2.45) is 0 Å². The smallest absolute Gasteiger partial charge is 0.235 e.